The van der Waals surface area contributed by atoms with Crippen LogP contribution in [0.2, 0.25) is 0 Å². The van der Waals surface area contributed by atoms with Crippen LogP contribution < -0.4 is 11.1 Å². The van der Waals surface area contributed by atoms with Crippen molar-refractivity contribution in [3.05, 3.63) is 0 Å². The second-order valence-electron chi connectivity index (χ2n) is 3.91. The van der Waals surface area contributed by atoms with Crippen molar-refractivity contribution in [1.29, 1.82) is 0 Å². The van der Waals surface area contributed by atoms with Gasteiger partial charge in [0.15, 0.2) is 0 Å². The first kappa shape index (κ1) is 6.62. The van der Waals surface area contributed by atoms with Gasteiger partial charge >= 0.3 is 0 Å². The number of nitrogens with two attached hydrogens (primary N) is 1. The van der Waals surface area contributed by atoms with Gasteiger partial charge in [-0.15, -0.1) is 0 Å². The Labute approximate surface area is 62.2 Å². The minimum absolute atomic E-state index is 0.492. The molecule has 2 aliphatic carbocycles. The maximum Gasteiger partial charge on any atom is 0.00992 e. The number of rotatable bonds is 2. The van der Waals surface area contributed by atoms with E-state index in [1.54, 1.807) is 0 Å². The molecule has 2 rings (SSSR count). The Hall–Kier alpha value is -0.0800. The highest BCUT2D eigenvalue weighted by Crippen LogP contribution is 2.32. The van der Waals surface area contributed by atoms with Crippen molar-refractivity contribution in [3.8, 4) is 0 Å². The SMILES string of the molecule is CC1CC1NC1CC(N)C1. The van der Waals surface area contributed by atoms with E-state index in [1.165, 1.54) is 19.3 Å². The quantitative estimate of drug-likeness (QED) is 0.585. The Kier molecular flexibility index (Phi) is 1.46. The first-order chi connectivity index (χ1) is 4.75. The molecule has 3 N–H and O–H groups in total. The van der Waals surface area contributed by atoms with Crippen LogP contribution in [0.25, 0.3) is 0 Å². The van der Waals surface area contributed by atoms with Gasteiger partial charge in [-0.1, -0.05) is 6.92 Å². The van der Waals surface area contributed by atoms with Gasteiger partial charge in [-0.25, -0.2) is 0 Å². The molecule has 2 fully saturated rings. The molecular weight excluding hydrogens is 124 g/mol. The summed E-state index contributed by atoms with van der Waals surface area (Å²) in [6.45, 7) is 2.30. The van der Waals surface area contributed by atoms with Crippen LogP contribution in [-0.2, 0) is 0 Å². The Bertz CT molecular complexity index is 129. The minimum Gasteiger partial charge on any atom is -0.328 e. The fraction of sp³-hybridized carbons (Fsp3) is 1.00. The molecule has 0 aromatic rings. The molecule has 58 valence electrons. The molecule has 2 atom stereocenters. The summed E-state index contributed by atoms with van der Waals surface area (Å²) in [4.78, 5) is 0. The van der Waals surface area contributed by atoms with Crippen LogP contribution in [0.5, 0.6) is 0 Å². The fourth-order valence-electron chi connectivity index (χ4n) is 1.65. The van der Waals surface area contributed by atoms with E-state index in [0.29, 0.717) is 6.04 Å². The molecule has 0 saturated heterocycles. The summed E-state index contributed by atoms with van der Waals surface area (Å²) in [5.74, 6) is 0.928. The van der Waals surface area contributed by atoms with Crippen molar-refractivity contribution in [1.82, 2.24) is 5.32 Å². The van der Waals surface area contributed by atoms with Crippen LogP contribution in [-0.4, -0.2) is 18.1 Å². The molecule has 0 bridgehead atoms. The lowest BCUT2D eigenvalue weighted by Crippen LogP contribution is -2.49. The molecule has 0 aliphatic heterocycles. The number of nitrogens with one attached hydrogen (secondary N) is 1. The summed E-state index contributed by atoms with van der Waals surface area (Å²) in [5.41, 5.74) is 5.66. The highest BCUT2D eigenvalue weighted by Gasteiger charge is 2.37. The third-order valence-corrected chi connectivity index (χ3v) is 2.73. The molecule has 10 heavy (non-hydrogen) atoms. The zero-order chi connectivity index (χ0) is 7.14. The lowest BCUT2D eigenvalue weighted by molar-refractivity contribution is 0.287. The largest absolute Gasteiger partial charge is 0.328 e. The zero-order valence-corrected chi connectivity index (χ0v) is 6.51. The van der Waals surface area contributed by atoms with E-state index >= 15 is 0 Å². The highest BCUT2D eigenvalue weighted by molar-refractivity contribution is 4.97. The summed E-state index contributed by atoms with van der Waals surface area (Å²) in [5, 5.41) is 3.59. The van der Waals surface area contributed by atoms with Gasteiger partial charge in [0, 0.05) is 18.1 Å². The van der Waals surface area contributed by atoms with Crippen molar-refractivity contribution in [2.45, 2.75) is 44.3 Å². The monoisotopic (exact) mass is 140 g/mol. The second-order valence-corrected chi connectivity index (χ2v) is 3.91. The Morgan fingerprint density at radius 2 is 1.90 bits per heavy atom. The van der Waals surface area contributed by atoms with Crippen LogP contribution in [0.1, 0.15) is 26.2 Å². The third-order valence-electron chi connectivity index (χ3n) is 2.73. The van der Waals surface area contributed by atoms with Crippen molar-refractivity contribution in [2.75, 3.05) is 0 Å². The van der Waals surface area contributed by atoms with Crippen LogP contribution in [0.3, 0.4) is 0 Å². The summed E-state index contributed by atoms with van der Waals surface area (Å²) >= 11 is 0. The van der Waals surface area contributed by atoms with E-state index in [2.05, 4.69) is 12.2 Å². The van der Waals surface area contributed by atoms with Crippen LogP contribution >= 0.6 is 0 Å². The molecule has 2 unspecified atom stereocenters. The lowest BCUT2D eigenvalue weighted by Gasteiger charge is -2.33. The molecule has 2 aliphatic rings. The smallest absolute Gasteiger partial charge is 0.00992 e. The Balaban J connectivity index is 1.64. The summed E-state index contributed by atoms with van der Waals surface area (Å²) < 4.78 is 0. The molecule has 0 heterocycles. The zero-order valence-electron chi connectivity index (χ0n) is 6.51. The van der Waals surface area contributed by atoms with E-state index in [-0.39, 0.29) is 0 Å². The minimum atomic E-state index is 0.492. The first-order valence-corrected chi connectivity index (χ1v) is 4.27. The molecule has 0 aromatic carbocycles. The topological polar surface area (TPSA) is 38.0 Å². The van der Waals surface area contributed by atoms with Crippen molar-refractivity contribution < 1.29 is 0 Å². The van der Waals surface area contributed by atoms with Gasteiger partial charge in [0.05, 0.1) is 0 Å². The average molecular weight is 140 g/mol. The molecule has 2 nitrogen and oxygen atoms in total. The standard InChI is InChI=1S/C8H16N2/c1-5-2-8(5)10-7-3-6(9)4-7/h5-8,10H,2-4,9H2,1H3. The molecule has 0 aromatic heterocycles. The van der Waals surface area contributed by atoms with Crippen LogP contribution in [0, 0.1) is 5.92 Å². The number of hydrogen-bond donors (Lipinski definition) is 2. The molecule has 0 spiro atoms. The predicted octanol–water partition coefficient (Wildman–Crippen LogP) is 0.474. The Morgan fingerprint density at radius 1 is 1.30 bits per heavy atom. The van der Waals surface area contributed by atoms with Gasteiger partial charge in [0.2, 0.25) is 0 Å². The predicted molar refractivity (Wildman–Crippen MR) is 41.7 cm³/mol. The summed E-state index contributed by atoms with van der Waals surface area (Å²) in [6.07, 6.45) is 3.78. The molecule has 0 amide bonds. The van der Waals surface area contributed by atoms with E-state index in [0.717, 1.165) is 18.0 Å². The fourth-order valence-corrected chi connectivity index (χ4v) is 1.65. The normalized spacial score (nSPS) is 52.2. The van der Waals surface area contributed by atoms with Gasteiger partial charge in [0.1, 0.15) is 0 Å². The van der Waals surface area contributed by atoms with Crippen LogP contribution in [0.4, 0.5) is 0 Å². The molecule has 0 radical (unpaired) electrons. The number of hydrogen-bond acceptors (Lipinski definition) is 2. The van der Waals surface area contributed by atoms with Gasteiger partial charge in [-0.3, -0.25) is 0 Å². The average Bonchev–Trinajstić information content (AvgIpc) is 2.43. The van der Waals surface area contributed by atoms with E-state index in [4.69, 9.17) is 5.73 Å². The van der Waals surface area contributed by atoms with Gasteiger partial charge in [-0.2, -0.15) is 0 Å². The van der Waals surface area contributed by atoms with Gasteiger partial charge < -0.3 is 11.1 Å². The highest BCUT2D eigenvalue weighted by atomic mass is 15.0. The maximum atomic E-state index is 5.66. The maximum absolute atomic E-state index is 5.66. The van der Waals surface area contributed by atoms with Crippen molar-refractivity contribution >= 4 is 0 Å². The molecule has 2 saturated carbocycles. The summed E-state index contributed by atoms with van der Waals surface area (Å²) in [6, 6.07) is 2.08. The van der Waals surface area contributed by atoms with E-state index in [1.807, 2.05) is 0 Å². The van der Waals surface area contributed by atoms with Gasteiger partial charge in [-0.05, 0) is 25.2 Å². The molecular formula is C8H16N2. The van der Waals surface area contributed by atoms with Gasteiger partial charge in [0.25, 0.3) is 0 Å². The third kappa shape index (κ3) is 1.18. The van der Waals surface area contributed by atoms with E-state index < -0.39 is 0 Å². The first-order valence-electron chi connectivity index (χ1n) is 4.27. The Morgan fingerprint density at radius 3 is 2.30 bits per heavy atom. The molecule has 2 heteroatoms. The van der Waals surface area contributed by atoms with E-state index in [9.17, 15) is 0 Å². The summed E-state index contributed by atoms with van der Waals surface area (Å²) in [7, 11) is 0. The lowest BCUT2D eigenvalue weighted by atomic mass is 9.87. The van der Waals surface area contributed by atoms with Crippen molar-refractivity contribution in [3.63, 3.8) is 0 Å². The second kappa shape index (κ2) is 2.21. The van der Waals surface area contributed by atoms with Crippen LogP contribution in [0.15, 0.2) is 0 Å². The van der Waals surface area contributed by atoms with Crippen molar-refractivity contribution in [2.24, 2.45) is 11.7 Å².